The summed E-state index contributed by atoms with van der Waals surface area (Å²) >= 11 is 2.41. The van der Waals surface area contributed by atoms with Gasteiger partial charge in [-0.25, -0.2) is 8.78 Å². The van der Waals surface area contributed by atoms with Crippen molar-refractivity contribution < 1.29 is 57.8 Å². The molecule has 2 atom stereocenters. The van der Waals surface area contributed by atoms with Crippen molar-refractivity contribution in [2.24, 2.45) is 0 Å². The SMILES string of the molecule is CCCC(OC(F)(F)C(F)(F)C(F)(F)C(F)(F)F)C(Br)OCC(F)F. The van der Waals surface area contributed by atoms with Crippen LogP contribution in [0.2, 0.25) is 0 Å². The monoisotopic (exact) mass is 464 g/mol. The molecule has 0 spiro atoms. The Hall–Kier alpha value is -0.370. The molecule has 0 aliphatic carbocycles. The van der Waals surface area contributed by atoms with E-state index in [-0.39, 0.29) is 6.42 Å². The Morgan fingerprint density at radius 1 is 0.880 bits per heavy atom. The van der Waals surface area contributed by atoms with Gasteiger partial charge in [0.15, 0.2) is 0 Å². The molecule has 2 nitrogen and oxygen atoms in total. The number of hydrogen-bond donors (Lipinski definition) is 0. The first-order chi connectivity index (χ1) is 11.0. The summed E-state index contributed by atoms with van der Waals surface area (Å²) < 4.78 is 146. The van der Waals surface area contributed by atoms with Crippen LogP contribution in [-0.4, -0.2) is 48.3 Å². The van der Waals surface area contributed by atoms with Crippen LogP contribution in [0.1, 0.15) is 19.8 Å². The zero-order chi connectivity index (χ0) is 20.3. The van der Waals surface area contributed by atoms with Crippen molar-refractivity contribution >= 4 is 15.9 Å². The van der Waals surface area contributed by atoms with E-state index in [0.29, 0.717) is 0 Å². The molecule has 0 fully saturated rings. The number of hydrogen-bond acceptors (Lipinski definition) is 2. The van der Waals surface area contributed by atoms with Crippen LogP contribution >= 0.6 is 15.9 Å². The molecular formula is C11H12BrF11O2. The number of ether oxygens (including phenoxy) is 2. The molecule has 0 radical (unpaired) electrons. The Balaban J connectivity index is 5.45. The van der Waals surface area contributed by atoms with Crippen LogP contribution in [-0.2, 0) is 9.47 Å². The summed E-state index contributed by atoms with van der Waals surface area (Å²) in [4.78, 5) is 0. The Bertz CT molecular complexity index is 413. The maximum absolute atomic E-state index is 13.4. The molecule has 0 bridgehead atoms. The van der Waals surface area contributed by atoms with Gasteiger partial charge in [0.25, 0.3) is 6.43 Å². The zero-order valence-corrected chi connectivity index (χ0v) is 13.8. The second-order valence-electron chi connectivity index (χ2n) is 4.68. The lowest BCUT2D eigenvalue weighted by atomic mass is 10.1. The van der Waals surface area contributed by atoms with Crippen molar-refractivity contribution in [1.29, 1.82) is 0 Å². The summed E-state index contributed by atoms with van der Waals surface area (Å²) in [6.45, 7) is -0.0516. The van der Waals surface area contributed by atoms with Crippen molar-refractivity contribution in [2.45, 2.75) is 61.4 Å². The molecule has 0 aromatic carbocycles. The van der Waals surface area contributed by atoms with E-state index in [1.54, 1.807) is 0 Å². The summed E-state index contributed by atoms with van der Waals surface area (Å²) in [5.74, 6) is -14.1. The fourth-order valence-corrected chi connectivity index (χ4v) is 1.95. The predicted molar refractivity (Wildman–Crippen MR) is 65.3 cm³/mol. The van der Waals surface area contributed by atoms with Crippen LogP contribution in [0.4, 0.5) is 48.3 Å². The topological polar surface area (TPSA) is 18.5 Å². The van der Waals surface area contributed by atoms with E-state index in [1.165, 1.54) is 6.92 Å². The highest BCUT2D eigenvalue weighted by Crippen LogP contribution is 2.53. The molecule has 2 unspecified atom stereocenters. The lowest BCUT2D eigenvalue weighted by molar-refractivity contribution is -0.451. The van der Waals surface area contributed by atoms with Crippen molar-refractivity contribution in [2.75, 3.05) is 6.61 Å². The Kier molecular flexibility index (Phi) is 8.42. The van der Waals surface area contributed by atoms with Gasteiger partial charge >= 0.3 is 24.1 Å². The summed E-state index contributed by atoms with van der Waals surface area (Å²) in [5.41, 5.74) is 0. The summed E-state index contributed by atoms with van der Waals surface area (Å²) in [5, 5.41) is -1.89. The predicted octanol–water partition coefficient (Wildman–Crippen LogP) is 5.60. The van der Waals surface area contributed by atoms with Gasteiger partial charge in [-0.3, -0.25) is 0 Å². The van der Waals surface area contributed by atoms with Gasteiger partial charge in [-0.15, -0.1) is 0 Å². The molecule has 0 aliphatic heterocycles. The Morgan fingerprint density at radius 3 is 1.72 bits per heavy atom. The van der Waals surface area contributed by atoms with Gasteiger partial charge in [0, 0.05) is 0 Å². The summed E-state index contributed by atoms with van der Waals surface area (Å²) in [7, 11) is 0. The highest BCUT2D eigenvalue weighted by atomic mass is 79.9. The van der Waals surface area contributed by atoms with Gasteiger partial charge in [0.05, 0.1) is 0 Å². The van der Waals surface area contributed by atoms with Gasteiger partial charge in [-0.2, -0.15) is 39.5 Å². The van der Waals surface area contributed by atoms with Crippen molar-refractivity contribution in [3.8, 4) is 0 Å². The van der Waals surface area contributed by atoms with Crippen LogP contribution in [0.25, 0.3) is 0 Å². The maximum Gasteiger partial charge on any atom is 0.460 e. The van der Waals surface area contributed by atoms with Gasteiger partial charge in [-0.1, -0.05) is 29.3 Å². The molecule has 0 aromatic heterocycles. The van der Waals surface area contributed by atoms with E-state index in [1.807, 2.05) is 0 Å². The molecule has 152 valence electrons. The first-order valence-electron chi connectivity index (χ1n) is 6.43. The molecule has 25 heavy (non-hydrogen) atoms. The number of halogens is 12. The minimum Gasteiger partial charge on any atom is -0.358 e. The van der Waals surface area contributed by atoms with E-state index in [0.717, 1.165) is 0 Å². The van der Waals surface area contributed by atoms with Crippen LogP contribution in [0.15, 0.2) is 0 Å². The quantitative estimate of drug-likeness (QED) is 0.309. The van der Waals surface area contributed by atoms with Crippen LogP contribution in [0, 0.1) is 0 Å². The highest BCUT2D eigenvalue weighted by Gasteiger charge is 2.83. The second kappa shape index (κ2) is 8.55. The minimum absolute atomic E-state index is 0.0951. The van der Waals surface area contributed by atoms with Crippen LogP contribution < -0.4 is 0 Å². The third-order valence-corrected chi connectivity index (χ3v) is 3.52. The van der Waals surface area contributed by atoms with Gasteiger partial charge in [0.1, 0.15) is 17.7 Å². The van der Waals surface area contributed by atoms with E-state index in [2.05, 4.69) is 25.4 Å². The van der Waals surface area contributed by atoms with E-state index in [4.69, 9.17) is 0 Å². The third kappa shape index (κ3) is 5.81. The van der Waals surface area contributed by atoms with E-state index in [9.17, 15) is 48.3 Å². The van der Waals surface area contributed by atoms with E-state index >= 15 is 0 Å². The van der Waals surface area contributed by atoms with Crippen molar-refractivity contribution in [3.05, 3.63) is 0 Å². The smallest absolute Gasteiger partial charge is 0.358 e. The zero-order valence-electron chi connectivity index (χ0n) is 12.2. The van der Waals surface area contributed by atoms with Crippen molar-refractivity contribution in [3.63, 3.8) is 0 Å². The normalized spacial score (nSPS) is 17.0. The van der Waals surface area contributed by atoms with Crippen molar-refractivity contribution in [1.82, 2.24) is 0 Å². The average molecular weight is 465 g/mol. The first-order valence-corrected chi connectivity index (χ1v) is 7.34. The third-order valence-electron chi connectivity index (χ3n) is 2.66. The maximum atomic E-state index is 13.4. The lowest BCUT2D eigenvalue weighted by Crippen LogP contribution is -2.62. The molecule has 0 heterocycles. The Morgan fingerprint density at radius 2 is 1.36 bits per heavy atom. The molecule has 0 N–H and O–H groups in total. The fraction of sp³-hybridized carbons (Fsp3) is 1.00. The minimum atomic E-state index is -7.11. The standard InChI is InChI=1S/C11H12BrF11O2/c1-2-3-5(7(12)24-4-6(13)14)25-11(22,23)9(17,18)8(15,16)10(19,20)21/h5-7H,2-4H2,1H3. The molecule has 0 aliphatic rings. The van der Waals surface area contributed by atoms with Crippen LogP contribution in [0.5, 0.6) is 0 Å². The lowest BCUT2D eigenvalue weighted by Gasteiger charge is -2.35. The number of alkyl halides is 12. The molecule has 14 heteroatoms. The molecule has 0 saturated heterocycles. The molecular weight excluding hydrogens is 453 g/mol. The van der Waals surface area contributed by atoms with Gasteiger partial charge in [-0.05, 0) is 6.42 Å². The van der Waals surface area contributed by atoms with Gasteiger partial charge in [0.2, 0.25) is 0 Å². The highest BCUT2D eigenvalue weighted by molar-refractivity contribution is 9.09. The Labute approximate surface area is 142 Å². The first kappa shape index (κ1) is 24.6. The molecule has 0 rings (SSSR count). The summed E-state index contributed by atoms with van der Waals surface area (Å²) in [6.07, 6.45) is -19.2. The molecule has 0 amide bonds. The molecule has 0 saturated carbocycles. The van der Waals surface area contributed by atoms with Crippen LogP contribution in [0.3, 0.4) is 0 Å². The largest absolute Gasteiger partial charge is 0.460 e. The second-order valence-corrected chi connectivity index (χ2v) is 5.59. The summed E-state index contributed by atoms with van der Waals surface area (Å²) in [6, 6.07) is 0. The number of rotatable bonds is 10. The molecule has 0 aromatic rings. The van der Waals surface area contributed by atoms with E-state index < -0.39 is 54.7 Å². The average Bonchev–Trinajstić information content (AvgIpc) is 2.42. The fourth-order valence-electron chi connectivity index (χ4n) is 1.42. The van der Waals surface area contributed by atoms with Gasteiger partial charge < -0.3 is 9.47 Å².